The maximum atomic E-state index is 12.8. The molecule has 0 radical (unpaired) electrons. The van der Waals surface area contributed by atoms with Gasteiger partial charge in [0.15, 0.2) is 0 Å². The van der Waals surface area contributed by atoms with Gasteiger partial charge in [-0.05, 0) is 70.8 Å². The molecule has 1 heterocycles. The Labute approximate surface area is 123 Å². The summed E-state index contributed by atoms with van der Waals surface area (Å²) in [6, 6.07) is 0.0374. The molecule has 3 aliphatic rings. The lowest BCUT2D eigenvalue weighted by molar-refractivity contribution is -0.139. The molecule has 20 heavy (non-hydrogen) atoms. The van der Waals surface area contributed by atoms with Gasteiger partial charge in [-0.25, -0.2) is 0 Å². The highest BCUT2D eigenvalue weighted by Gasteiger charge is 2.47. The van der Waals surface area contributed by atoms with Gasteiger partial charge in [-0.3, -0.25) is 4.79 Å². The maximum Gasteiger partial charge on any atom is 0.240 e. The Hall–Kier alpha value is -0.570. The molecule has 3 fully saturated rings. The fourth-order valence-electron chi connectivity index (χ4n) is 4.59. The molecular weight excluding hydrogens is 248 g/mol. The molecule has 1 N–H and O–H groups in total. The molecule has 0 aromatic carbocycles. The molecule has 4 atom stereocenters. The third kappa shape index (κ3) is 2.61. The fourth-order valence-corrected chi connectivity index (χ4v) is 4.59. The minimum atomic E-state index is 0.0323. The smallest absolute Gasteiger partial charge is 0.240 e. The van der Waals surface area contributed by atoms with E-state index in [-0.39, 0.29) is 11.6 Å². The minimum Gasteiger partial charge on any atom is -0.336 e. The van der Waals surface area contributed by atoms with Crippen LogP contribution in [0, 0.1) is 17.8 Å². The van der Waals surface area contributed by atoms with E-state index in [1.54, 1.807) is 0 Å². The number of likely N-dealkylation sites (N-methyl/N-ethyl adjacent to an activating group) is 1. The second-order valence-corrected chi connectivity index (χ2v) is 7.85. The Morgan fingerprint density at radius 1 is 1.25 bits per heavy atom. The zero-order valence-electron chi connectivity index (χ0n) is 13.3. The Morgan fingerprint density at radius 3 is 2.80 bits per heavy atom. The molecule has 3 heteroatoms. The maximum absolute atomic E-state index is 12.8. The van der Waals surface area contributed by atoms with Crippen LogP contribution in [0.1, 0.15) is 58.8 Å². The molecule has 4 unspecified atom stereocenters. The van der Waals surface area contributed by atoms with Crippen molar-refractivity contribution in [2.45, 2.75) is 70.4 Å². The quantitative estimate of drug-likeness (QED) is 0.861. The predicted octanol–water partition coefficient (Wildman–Crippen LogP) is 2.80. The molecule has 1 saturated heterocycles. The van der Waals surface area contributed by atoms with Gasteiger partial charge in [-0.15, -0.1) is 0 Å². The SMILES string of the molecule is CNC1CCCC(C)(C)N(CC2CCCC3CC32)C1=O. The highest BCUT2D eigenvalue weighted by atomic mass is 16.2. The monoisotopic (exact) mass is 278 g/mol. The van der Waals surface area contributed by atoms with Crippen LogP contribution in [-0.4, -0.2) is 36.0 Å². The van der Waals surface area contributed by atoms with Crippen LogP contribution >= 0.6 is 0 Å². The van der Waals surface area contributed by atoms with E-state index >= 15 is 0 Å². The van der Waals surface area contributed by atoms with Crippen molar-refractivity contribution in [2.75, 3.05) is 13.6 Å². The second kappa shape index (κ2) is 5.32. The lowest BCUT2D eigenvalue weighted by atomic mass is 9.87. The second-order valence-electron chi connectivity index (χ2n) is 7.85. The number of nitrogens with zero attached hydrogens (tertiary/aromatic N) is 1. The first-order chi connectivity index (χ1) is 9.53. The lowest BCUT2D eigenvalue weighted by Gasteiger charge is -2.41. The molecule has 0 spiro atoms. The topological polar surface area (TPSA) is 32.3 Å². The summed E-state index contributed by atoms with van der Waals surface area (Å²) < 4.78 is 0. The molecule has 2 aliphatic carbocycles. The van der Waals surface area contributed by atoms with Gasteiger partial charge in [0.05, 0.1) is 6.04 Å². The predicted molar refractivity (Wildman–Crippen MR) is 81.4 cm³/mol. The molecular formula is C17H30N2O. The normalized spacial score (nSPS) is 40.1. The first kappa shape index (κ1) is 14.4. The van der Waals surface area contributed by atoms with Crippen LogP contribution < -0.4 is 5.32 Å². The van der Waals surface area contributed by atoms with Gasteiger partial charge in [0, 0.05) is 12.1 Å². The van der Waals surface area contributed by atoms with Crippen molar-refractivity contribution in [3.05, 3.63) is 0 Å². The summed E-state index contributed by atoms with van der Waals surface area (Å²) in [4.78, 5) is 15.1. The molecule has 0 aromatic heterocycles. The molecule has 2 saturated carbocycles. The van der Waals surface area contributed by atoms with Crippen molar-refractivity contribution in [3.8, 4) is 0 Å². The first-order valence-corrected chi connectivity index (χ1v) is 8.51. The summed E-state index contributed by atoms with van der Waals surface area (Å²) in [5.41, 5.74) is 0.0323. The van der Waals surface area contributed by atoms with E-state index in [9.17, 15) is 4.79 Å². The van der Waals surface area contributed by atoms with E-state index < -0.39 is 0 Å². The Balaban J connectivity index is 1.74. The highest BCUT2D eigenvalue weighted by Crippen LogP contribution is 2.53. The lowest BCUT2D eigenvalue weighted by Crippen LogP contribution is -2.54. The molecule has 3 nitrogen and oxygen atoms in total. The van der Waals surface area contributed by atoms with Crippen molar-refractivity contribution in [2.24, 2.45) is 17.8 Å². The van der Waals surface area contributed by atoms with Crippen LogP contribution in [0.15, 0.2) is 0 Å². The van der Waals surface area contributed by atoms with Gasteiger partial charge in [-0.2, -0.15) is 0 Å². The molecule has 0 bridgehead atoms. The Kier molecular flexibility index (Phi) is 3.83. The average Bonchev–Trinajstić information content (AvgIpc) is 3.19. The summed E-state index contributed by atoms with van der Waals surface area (Å²) in [5.74, 6) is 3.05. The van der Waals surface area contributed by atoms with E-state index in [4.69, 9.17) is 0 Å². The van der Waals surface area contributed by atoms with Gasteiger partial charge >= 0.3 is 0 Å². The van der Waals surface area contributed by atoms with E-state index in [2.05, 4.69) is 24.1 Å². The summed E-state index contributed by atoms with van der Waals surface area (Å²) >= 11 is 0. The molecule has 0 aromatic rings. The van der Waals surface area contributed by atoms with Crippen LogP contribution in [0.25, 0.3) is 0 Å². The zero-order chi connectivity index (χ0) is 14.3. The van der Waals surface area contributed by atoms with Gasteiger partial charge in [-0.1, -0.05) is 12.8 Å². The summed E-state index contributed by atoms with van der Waals surface area (Å²) in [6.07, 6.45) is 8.87. The van der Waals surface area contributed by atoms with Gasteiger partial charge < -0.3 is 10.2 Å². The van der Waals surface area contributed by atoms with Gasteiger partial charge in [0.1, 0.15) is 0 Å². The van der Waals surface area contributed by atoms with Crippen LogP contribution in [-0.2, 0) is 4.79 Å². The fraction of sp³-hybridized carbons (Fsp3) is 0.941. The van der Waals surface area contributed by atoms with Crippen molar-refractivity contribution >= 4 is 5.91 Å². The molecule has 114 valence electrons. The number of amides is 1. The van der Waals surface area contributed by atoms with Crippen LogP contribution in [0.4, 0.5) is 0 Å². The van der Waals surface area contributed by atoms with Crippen LogP contribution in [0.5, 0.6) is 0 Å². The molecule has 3 rings (SSSR count). The van der Waals surface area contributed by atoms with Crippen molar-refractivity contribution in [1.29, 1.82) is 0 Å². The Morgan fingerprint density at radius 2 is 2.05 bits per heavy atom. The number of carbonyl (C=O) groups excluding carboxylic acids is 1. The molecule has 1 aliphatic heterocycles. The van der Waals surface area contributed by atoms with Crippen LogP contribution in [0.3, 0.4) is 0 Å². The Bertz CT molecular complexity index is 379. The number of nitrogens with one attached hydrogen (secondary N) is 1. The third-order valence-corrected chi connectivity index (χ3v) is 6.07. The van der Waals surface area contributed by atoms with Crippen molar-refractivity contribution in [1.82, 2.24) is 10.2 Å². The van der Waals surface area contributed by atoms with E-state index in [1.807, 2.05) is 7.05 Å². The van der Waals surface area contributed by atoms with Gasteiger partial charge in [0.2, 0.25) is 5.91 Å². The zero-order valence-corrected chi connectivity index (χ0v) is 13.3. The minimum absolute atomic E-state index is 0.0323. The third-order valence-electron chi connectivity index (χ3n) is 6.07. The number of rotatable bonds is 3. The van der Waals surface area contributed by atoms with E-state index in [0.29, 0.717) is 5.91 Å². The average molecular weight is 278 g/mol. The number of hydrogen-bond donors (Lipinski definition) is 1. The first-order valence-electron chi connectivity index (χ1n) is 8.51. The van der Waals surface area contributed by atoms with E-state index in [1.165, 1.54) is 25.7 Å². The number of hydrogen-bond acceptors (Lipinski definition) is 2. The summed E-state index contributed by atoms with van der Waals surface area (Å²) in [6.45, 7) is 5.53. The van der Waals surface area contributed by atoms with Crippen molar-refractivity contribution in [3.63, 3.8) is 0 Å². The van der Waals surface area contributed by atoms with Crippen LogP contribution in [0.2, 0.25) is 0 Å². The summed E-state index contributed by atoms with van der Waals surface area (Å²) in [7, 11) is 1.93. The summed E-state index contributed by atoms with van der Waals surface area (Å²) in [5, 5.41) is 3.23. The van der Waals surface area contributed by atoms with Crippen molar-refractivity contribution < 1.29 is 4.79 Å². The number of carbonyl (C=O) groups is 1. The molecule has 1 amide bonds. The standard InChI is InChI=1S/C17H30N2O/c1-17(2)9-5-8-15(18-3)16(20)19(17)11-13-7-4-6-12-10-14(12)13/h12-15,18H,4-11H2,1-3H3. The van der Waals surface area contributed by atoms with Gasteiger partial charge in [0.25, 0.3) is 0 Å². The number of likely N-dealkylation sites (tertiary alicyclic amines) is 1. The largest absolute Gasteiger partial charge is 0.336 e. The van der Waals surface area contributed by atoms with E-state index in [0.717, 1.165) is 43.6 Å². The number of fused-ring (bicyclic) bond motifs is 1. The highest BCUT2D eigenvalue weighted by molar-refractivity contribution is 5.83.